The summed E-state index contributed by atoms with van der Waals surface area (Å²) in [5.74, 6) is -1.23. The van der Waals surface area contributed by atoms with Gasteiger partial charge in [0.15, 0.2) is 0 Å². The number of hydrogen-bond acceptors (Lipinski definition) is 3. The molecule has 0 aliphatic rings. The number of carboxylic acid groups (broad SMARTS) is 1. The normalized spacial score (nSPS) is 11.9. The fourth-order valence-corrected chi connectivity index (χ4v) is 1.53. The van der Waals surface area contributed by atoms with E-state index >= 15 is 0 Å². The van der Waals surface area contributed by atoms with Crippen LogP contribution in [0.2, 0.25) is 0 Å². The van der Waals surface area contributed by atoms with Crippen LogP contribution in [0.1, 0.15) is 39.5 Å². The monoisotopic (exact) mass is 273 g/mol. The van der Waals surface area contributed by atoms with E-state index in [9.17, 15) is 14.4 Å². The number of carbonyl (C=O) groups excluding carboxylic acids is 2. The van der Waals surface area contributed by atoms with Gasteiger partial charge >= 0.3 is 12.0 Å². The summed E-state index contributed by atoms with van der Waals surface area (Å²) < 4.78 is 0. The second-order valence-corrected chi connectivity index (χ2v) is 4.84. The smallest absolute Gasteiger partial charge is 0.326 e. The van der Waals surface area contributed by atoms with Crippen molar-refractivity contribution in [1.29, 1.82) is 0 Å². The van der Waals surface area contributed by atoms with Crippen molar-refractivity contribution in [1.82, 2.24) is 10.6 Å². The van der Waals surface area contributed by atoms with Crippen molar-refractivity contribution in [2.45, 2.75) is 45.6 Å². The maximum absolute atomic E-state index is 11.5. The number of amides is 3. The molecule has 110 valence electrons. The Morgan fingerprint density at radius 2 is 1.84 bits per heavy atom. The number of carbonyl (C=O) groups is 3. The van der Waals surface area contributed by atoms with Crippen LogP contribution >= 0.6 is 0 Å². The lowest BCUT2D eigenvalue weighted by molar-refractivity contribution is -0.139. The largest absolute Gasteiger partial charge is 0.480 e. The van der Waals surface area contributed by atoms with Gasteiger partial charge in [0.05, 0.1) is 0 Å². The number of unbranched alkanes of at least 4 members (excludes halogenated alkanes) is 1. The molecular formula is C12H23N3O4. The average Bonchev–Trinajstić information content (AvgIpc) is 2.26. The Balaban J connectivity index is 3.87. The first kappa shape index (κ1) is 17.2. The molecule has 0 saturated heterocycles. The Hall–Kier alpha value is -1.79. The van der Waals surface area contributed by atoms with Crippen LogP contribution in [-0.2, 0) is 9.59 Å². The first-order valence-corrected chi connectivity index (χ1v) is 6.38. The maximum Gasteiger partial charge on any atom is 0.326 e. The average molecular weight is 273 g/mol. The summed E-state index contributed by atoms with van der Waals surface area (Å²) in [6, 6.07) is -1.39. The minimum atomic E-state index is -1.04. The van der Waals surface area contributed by atoms with E-state index in [4.69, 9.17) is 10.8 Å². The number of hydrogen-bond donors (Lipinski definition) is 4. The lowest BCUT2D eigenvalue weighted by Crippen LogP contribution is -2.46. The van der Waals surface area contributed by atoms with E-state index in [1.54, 1.807) is 0 Å². The van der Waals surface area contributed by atoms with Crippen molar-refractivity contribution in [3.8, 4) is 0 Å². The van der Waals surface area contributed by atoms with Crippen LogP contribution in [0.5, 0.6) is 0 Å². The summed E-state index contributed by atoms with van der Waals surface area (Å²) in [6.45, 7) is 4.16. The molecule has 0 heterocycles. The van der Waals surface area contributed by atoms with E-state index in [0.29, 0.717) is 25.8 Å². The van der Waals surface area contributed by atoms with Crippen LogP contribution in [0.15, 0.2) is 0 Å². The number of nitrogens with one attached hydrogen (secondary N) is 2. The van der Waals surface area contributed by atoms with Crippen molar-refractivity contribution in [2.24, 2.45) is 11.7 Å². The van der Waals surface area contributed by atoms with Crippen LogP contribution in [0.25, 0.3) is 0 Å². The molecule has 0 spiro atoms. The molecule has 7 nitrogen and oxygen atoms in total. The summed E-state index contributed by atoms with van der Waals surface area (Å²) >= 11 is 0. The van der Waals surface area contributed by atoms with Crippen molar-refractivity contribution >= 4 is 17.9 Å². The standard InChI is InChI=1S/C12H23N3O4/c1-8(2)7-9(11(17)18)15-12(19)14-6-4-3-5-10(13)16/h8-9H,3-7H2,1-2H3,(H2,13,16)(H,17,18)(H2,14,15,19)/t9-/m0/s1. The Bertz CT molecular complexity index is 318. The van der Waals surface area contributed by atoms with E-state index in [1.807, 2.05) is 13.8 Å². The molecular weight excluding hydrogens is 250 g/mol. The summed E-state index contributed by atoms with van der Waals surface area (Å²) in [5.41, 5.74) is 4.98. The molecule has 1 atom stereocenters. The van der Waals surface area contributed by atoms with Crippen LogP contribution in [0, 0.1) is 5.92 Å². The molecule has 0 aromatic carbocycles. The fraction of sp³-hybridized carbons (Fsp3) is 0.750. The minimum Gasteiger partial charge on any atom is -0.480 e. The fourth-order valence-electron chi connectivity index (χ4n) is 1.53. The number of nitrogens with two attached hydrogens (primary N) is 1. The first-order chi connectivity index (χ1) is 8.82. The number of carboxylic acids is 1. The van der Waals surface area contributed by atoms with Crippen LogP contribution in [0.4, 0.5) is 4.79 Å². The third-order valence-electron chi connectivity index (χ3n) is 2.45. The van der Waals surface area contributed by atoms with Crippen molar-refractivity contribution in [3.05, 3.63) is 0 Å². The van der Waals surface area contributed by atoms with Crippen LogP contribution in [0.3, 0.4) is 0 Å². The predicted octanol–water partition coefficient (Wildman–Crippen LogP) is 0.441. The van der Waals surface area contributed by atoms with Crippen LogP contribution < -0.4 is 16.4 Å². The first-order valence-electron chi connectivity index (χ1n) is 6.38. The Morgan fingerprint density at radius 3 is 2.32 bits per heavy atom. The highest BCUT2D eigenvalue weighted by Crippen LogP contribution is 2.04. The molecule has 0 unspecified atom stereocenters. The Labute approximate surface area is 112 Å². The van der Waals surface area contributed by atoms with Crippen molar-refractivity contribution in [3.63, 3.8) is 0 Å². The molecule has 3 amide bonds. The Morgan fingerprint density at radius 1 is 1.21 bits per heavy atom. The van der Waals surface area contributed by atoms with Gasteiger partial charge in [-0.25, -0.2) is 9.59 Å². The molecule has 19 heavy (non-hydrogen) atoms. The number of primary amides is 1. The van der Waals surface area contributed by atoms with E-state index in [0.717, 1.165) is 0 Å². The molecule has 0 saturated carbocycles. The lowest BCUT2D eigenvalue weighted by atomic mass is 10.0. The van der Waals surface area contributed by atoms with E-state index < -0.39 is 18.0 Å². The van der Waals surface area contributed by atoms with Gasteiger partial charge in [0.2, 0.25) is 5.91 Å². The summed E-state index contributed by atoms with van der Waals surface area (Å²) in [6.07, 6.45) is 1.89. The highest BCUT2D eigenvalue weighted by molar-refractivity contribution is 5.82. The molecule has 0 fully saturated rings. The van der Waals surface area contributed by atoms with Gasteiger partial charge in [0, 0.05) is 13.0 Å². The van der Waals surface area contributed by atoms with Gasteiger partial charge in [-0.1, -0.05) is 13.8 Å². The van der Waals surface area contributed by atoms with Gasteiger partial charge in [-0.2, -0.15) is 0 Å². The Kier molecular flexibility index (Phi) is 8.32. The van der Waals surface area contributed by atoms with Crippen LogP contribution in [-0.4, -0.2) is 35.6 Å². The van der Waals surface area contributed by atoms with Gasteiger partial charge in [-0.3, -0.25) is 4.79 Å². The molecule has 0 aliphatic carbocycles. The quantitative estimate of drug-likeness (QED) is 0.455. The highest BCUT2D eigenvalue weighted by Gasteiger charge is 2.20. The lowest BCUT2D eigenvalue weighted by Gasteiger charge is -2.16. The van der Waals surface area contributed by atoms with Gasteiger partial charge in [-0.05, 0) is 25.2 Å². The second kappa shape index (κ2) is 9.18. The van der Waals surface area contributed by atoms with E-state index in [1.165, 1.54) is 0 Å². The third-order valence-corrected chi connectivity index (χ3v) is 2.45. The summed E-state index contributed by atoms with van der Waals surface area (Å²) in [7, 11) is 0. The van der Waals surface area contributed by atoms with Gasteiger partial charge in [-0.15, -0.1) is 0 Å². The predicted molar refractivity (Wildman–Crippen MR) is 70.5 cm³/mol. The van der Waals surface area contributed by atoms with Gasteiger partial charge in [0.25, 0.3) is 0 Å². The van der Waals surface area contributed by atoms with Gasteiger partial charge < -0.3 is 21.5 Å². The topological polar surface area (TPSA) is 122 Å². The zero-order valence-corrected chi connectivity index (χ0v) is 11.4. The molecule has 0 bridgehead atoms. The number of urea groups is 1. The van der Waals surface area contributed by atoms with E-state index in [2.05, 4.69) is 10.6 Å². The minimum absolute atomic E-state index is 0.178. The van der Waals surface area contributed by atoms with E-state index in [-0.39, 0.29) is 18.2 Å². The summed E-state index contributed by atoms with van der Waals surface area (Å²) in [4.78, 5) is 32.9. The molecule has 0 aliphatic heterocycles. The van der Waals surface area contributed by atoms with Crippen molar-refractivity contribution < 1.29 is 19.5 Å². The zero-order valence-electron chi connectivity index (χ0n) is 11.4. The molecule has 7 heteroatoms. The number of aliphatic carboxylic acids is 1. The number of rotatable bonds is 9. The summed E-state index contributed by atoms with van der Waals surface area (Å²) in [5, 5.41) is 13.9. The molecule has 0 aromatic heterocycles. The third kappa shape index (κ3) is 9.87. The molecule has 0 rings (SSSR count). The molecule has 0 aromatic rings. The zero-order chi connectivity index (χ0) is 14.8. The molecule has 5 N–H and O–H groups in total. The SMILES string of the molecule is CC(C)C[C@H](NC(=O)NCCCCC(N)=O)C(=O)O. The maximum atomic E-state index is 11.5. The van der Waals surface area contributed by atoms with Crippen molar-refractivity contribution in [2.75, 3.05) is 6.54 Å². The highest BCUT2D eigenvalue weighted by atomic mass is 16.4. The van der Waals surface area contributed by atoms with Gasteiger partial charge in [0.1, 0.15) is 6.04 Å². The molecule has 0 radical (unpaired) electrons. The second-order valence-electron chi connectivity index (χ2n) is 4.84.